The Morgan fingerprint density at radius 1 is 1.10 bits per heavy atom. The Kier molecular flexibility index (Phi) is 3.06. The summed E-state index contributed by atoms with van der Waals surface area (Å²) in [5, 5.41) is 3.04. The second-order valence-electron chi connectivity index (χ2n) is 4.95. The molecule has 20 heavy (non-hydrogen) atoms. The Balaban J connectivity index is 2.16. The standard InChI is InChI=1S/C15H16N4S/c1-9-6-10(2)8-11(7-9)19(3)13-12-4-5-20-14(12)18-15(16)17-13/h4-8H,1-3H3,(H2,16,17,18). The minimum absolute atomic E-state index is 0.311. The molecule has 5 heteroatoms. The normalized spacial score (nSPS) is 10.9. The number of hydrogen-bond donors (Lipinski definition) is 1. The average Bonchev–Trinajstić information content (AvgIpc) is 2.83. The van der Waals surface area contributed by atoms with E-state index in [0.717, 1.165) is 21.7 Å². The molecular weight excluding hydrogens is 268 g/mol. The van der Waals surface area contributed by atoms with Gasteiger partial charge in [-0.1, -0.05) is 6.07 Å². The van der Waals surface area contributed by atoms with Crippen LogP contribution >= 0.6 is 11.3 Å². The van der Waals surface area contributed by atoms with Gasteiger partial charge >= 0.3 is 0 Å². The first-order valence-corrected chi connectivity index (χ1v) is 7.25. The van der Waals surface area contributed by atoms with Crippen LogP contribution in [0.25, 0.3) is 10.2 Å². The van der Waals surface area contributed by atoms with Crippen molar-refractivity contribution in [3.8, 4) is 0 Å². The van der Waals surface area contributed by atoms with Gasteiger partial charge in [0, 0.05) is 12.7 Å². The minimum atomic E-state index is 0.311. The van der Waals surface area contributed by atoms with Crippen LogP contribution in [0.3, 0.4) is 0 Å². The number of nitrogen functional groups attached to an aromatic ring is 1. The zero-order valence-corrected chi connectivity index (χ0v) is 12.5. The smallest absolute Gasteiger partial charge is 0.223 e. The molecule has 3 rings (SSSR count). The molecule has 0 atom stereocenters. The molecule has 0 saturated carbocycles. The van der Waals surface area contributed by atoms with Crippen LogP contribution < -0.4 is 10.6 Å². The first-order valence-electron chi connectivity index (χ1n) is 6.37. The monoisotopic (exact) mass is 284 g/mol. The van der Waals surface area contributed by atoms with Gasteiger partial charge in [-0.05, 0) is 48.6 Å². The maximum absolute atomic E-state index is 5.82. The van der Waals surface area contributed by atoms with Crippen molar-refractivity contribution < 1.29 is 0 Å². The quantitative estimate of drug-likeness (QED) is 0.780. The van der Waals surface area contributed by atoms with Crippen LogP contribution in [0.2, 0.25) is 0 Å². The molecule has 0 amide bonds. The molecule has 0 fully saturated rings. The first kappa shape index (κ1) is 12.9. The maximum Gasteiger partial charge on any atom is 0.223 e. The van der Waals surface area contributed by atoms with Gasteiger partial charge in [-0.2, -0.15) is 4.98 Å². The third kappa shape index (κ3) is 2.20. The molecule has 0 radical (unpaired) electrons. The van der Waals surface area contributed by atoms with Gasteiger partial charge in [0.15, 0.2) is 0 Å². The molecular formula is C15H16N4S. The zero-order chi connectivity index (χ0) is 14.3. The molecule has 4 nitrogen and oxygen atoms in total. The number of nitrogens with zero attached hydrogens (tertiary/aromatic N) is 3. The van der Waals surface area contributed by atoms with Crippen LogP contribution in [-0.2, 0) is 0 Å². The molecule has 3 aromatic rings. The number of aryl methyl sites for hydroxylation is 2. The summed E-state index contributed by atoms with van der Waals surface area (Å²) in [5.41, 5.74) is 9.39. The van der Waals surface area contributed by atoms with Crippen LogP contribution in [0.1, 0.15) is 11.1 Å². The average molecular weight is 284 g/mol. The second-order valence-corrected chi connectivity index (χ2v) is 5.84. The van der Waals surface area contributed by atoms with Crippen molar-refractivity contribution in [3.63, 3.8) is 0 Å². The van der Waals surface area contributed by atoms with Gasteiger partial charge in [0.05, 0.1) is 5.39 Å². The highest BCUT2D eigenvalue weighted by Gasteiger charge is 2.13. The molecule has 0 unspecified atom stereocenters. The fourth-order valence-corrected chi connectivity index (χ4v) is 3.14. The van der Waals surface area contributed by atoms with E-state index >= 15 is 0 Å². The Morgan fingerprint density at radius 2 is 1.80 bits per heavy atom. The first-order chi connectivity index (χ1) is 9.54. The molecule has 1 aromatic carbocycles. The number of benzene rings is 1. The topological polar surface area (TPSA) is 55.0 Å². The number of hydrogen-bond acceptors (Lipinski definition) is 5. The van der Waals surface area contributed by atoms with Crippen molar-refractivity contribution in [3.05, 3.63) is 40.8 Å². The second kappa shape index (κ2) is 4.76. The summed E-state index contributed by atoms with van der Waals surface area (Å²) in [6.45, 7) is 4.19. The van der Waals surface area contributed by atoms with Crippen LogP contribution in [0.5, 0.6) is 0 Å². The number of aromatic nitrogens is 2. The van der Waals surface area contributed by atoms with E-state index in [2.05, 4.69) is 46.9 Å². The van der Waals surface area contributed by atoms with Gasteiger partial charge in [0.1, 0.15) is 10.6 Å². The summed E-state index contributed by atoms with van der Waals surface area (Å²) < 4.78 is 0. The van der Waals surface area contributed by atoms with Crippen LogP contribution in [0, 0.1) is 13.8 Å². The van der Waals surface area contributed by atoms with Crippen molar-refractivity contribution in [1.29, 1.82) is 0 Å². The molecule has 0 aliphatic heterocycles. The number of rotatable bonds is 2. The molecule has 0 aliphatic rings. The van der Waals surface area contributed by atoms with Crippen LogP contribution in [0.4, 0.5) is 17.5 Å². The zero-order valence-electron chi connectivity index (χ0n) is 11.7. The third-order valence-corrected chi connectivity index (χ3v) is 4.04. The SMILES string of the molecule is Cc1cc(C)cc(N(C)c2nc(N)nc3sccc23)c1. The van der Waals surface area contributed by atoms with E-state index in [9.17, 15) is 0 Å². The Hall–Kier alpha value is -2.14. The van der Waals surface area contributed by atoms with E-state index in [1.807, 2.05) is 18.5 Å². The van der Waals surface area contributed by atoms with E-state index in [1.54, 1.807) is 11.3 Å². The minimum Gasteiger partial charge on any atom is -0.368 e. The predicted molar refractivity (Wildman–Crippen MR) is 85.8 cm³/mol. The summed E-state index contributed by atoms with van der Waals surface area (Å²) in [5.74, 6) is 1.16. The van der Waals surface area contributed by atoms with E-state index in [1.165, 1.54) is 11.1 Å². The lowest BCUT2D eigenvalue weighted by Crippen LogP contribution is -2.13. The van der Waals surface area contributed by atoms with Gasteiger partial charge < -0.3 is 10.6 Å². The fourth-order valence-electron chi connectivity index (χ4n) is 2.38. The van der Waals surface area contributed by atoms with Crippen molar-refractivity contribution in [2.45, 2.75) is 13.8 Å². The summed E-state index contributed by atoms with van der Waals surface area (Å²) in [4.78, 5) is 11.7. The third-order valence-electron chi connectivity index (χ3n) is 3.23. The molecule has 0 aliphatic carbocycles. The van der Waals surface area contributed by atoms with Gasteiger partial charge in [-0.15, -0.1) is 11.3 Å². The summed E-state index contributed by atoms with van der Waals surface area (Å²) in [6.07, 6.45) is 0. The Bertz CT molecular complexity index is 758. The molecule has 2 aromatic heterocycles. The number of anilines is 3. The summed E-state index contributed by atoms with van der Waals surface area (Å²) in [6, 6.07) is 8.48. The lowest BCUT2D eigenvalue weighted by atomic mass is 10.1. The molecule has 102 valence electrons. The molecule has 0 saturated heterocycles. The highest BCUT2D eigenvalue weighted by molar-refractivity contribution is 7.16. The molecule has 0 bridgehead atoms. The van der Waals surface area contributed by atoms with E-state index in [4.69, 9.17) is 5.73 Å². The predicted octanol–water partition coefficient (Wildman–Crippen LogP) is 3.66. The van der Waals surface area contributed by atoms with Crippen LogP contribution in [0.15, 0.2) is 29.6 Å². The largest absolute Gasteiger partial charge is 0.368 e. The summed E-state index contributed by atoms with van der Waals surface area (Å²) >= 11 is 1.58. The van der Waals surface area contributed by atoms with Crippen molar-refractivity contribution in [2.75, 3.05) is 17.7 Å². The Morgan fingerprint density at radius 3 is 2.50 bits per heavy atom. The van der Waals surface area contributed by atoms with Gasteiger partial charge in [-0.3, -0.25) is 0 Å². The van der Waals surface area contributed by atoms with E-state index in [0.29, 0.717) is 5.95 Å². The number of fused-ring (bicyclic) bond motifs is 1. The van der Waals surface area contributed by atoms with Crippen LogP contribution in [-0.4, -0.2) is 17.0 Å². The highest BCUT2D eigenvalue weighted by atomic mass is 32.1. The molecule has 2 N–H and O–H groups in total. The van der Waals surface area contributed by atoms with Gasteiger partial charge in [0.25, 0.3) is 0 Å². The lowest BCUT2D eigenvalue weighted by molar-refractivity contribution is 1.12. The van der Waals surface area contributed by atoms with Crippen molar-refractivity contribution in [2.24, 2.45) is 0 Å². The van der Waals surface area contributed by atoms with E-state index in [-0.39, 0.29) is 0 Å². The highest BCUT2D eigenvalue weighted by Crippen LogP contribution is 2.32. The maximum atomic E-state index is 5.82. The number of nitrogens with two attached hydrogens (primary N) is 1. The van der Waals surface area contributed by atoms with Gasteiger partial charge in [0.2, 0.25) is 5.95 Å². The van der Waals surface area contributed by atoms with E-state index < -0.39 is 0 Å². The summed E-state index contributed by atoms with van der Waals surface area (Å²) in [7, 11) is 2.01. The van der Waals surface area contributed by atoms with Gasteiger partial charge in [-0.25, -0.2) is 4.98 Å². The van der Waals surface area contributed by atoms with Crippen molar-refractivity contribution in [1.82, 2.24) is 9.97 Å². The number of thiophene rings is 1. The van der Waals surface area contributed by atoms with Crippen molar-refractivity contribution >= 4 is 39.0 Å². The Labute approximate surface area is 121 Å². The lowest BCUT2D eigenvalue weighted by Gasteiger charge is -2.20. The molecule has 0 spiro atoms. The fraction of sp³-hybridized carbons (Fsp3) is 0.200. The molecule has 2 heterocycles.